The van der Waals surface area contributed by atoms with Crippen molar-refractivity contribution in [3.63, 3.8) is 0 Å². The van der Waals surface area contributed by atoms with Gasteiger partial charge < -0.3 is 10.3 Å². The molecule has 0 saturated carbocycles. The molecule has 0 aliphatic heterocycles. The highest BCUT2D eigenvalue weighted by molar-refractivity contribution is 7.98. The Morgan fingerprint density at radius 1 is 1.53 bits per heavy atom. The van der Waals surface area contributed by atoms with Gasteiger partial charge in [0.15, 0.2) is 0 Å². The van der Waals surface area contributed by atoms with Crippen LogP contribution in [0.5, 0.6) is 0 Å². The zero-order valence-corrected chi connectivity index (χ0v) is 8.72. The molecule has 0 fully saturated rings. The van der Waals surface area contributed by atoms with E-state index in [1.54, 1.807) is 10.9 Å². The number of aromatic nitrogens is 5. The molecule has 0 unspecified atom stereocenters. The van der Waals surface area contributed by atoms with E-state index in [-0.39, 0.29) is 0 Å². The Morgan fingerprint density at radius 2 is 2.47 bits per heavy atom. The number of nitrogens with two attached hydrogens (primary N) is 1. The van der Waals surface area contributed by atoms with Crippen LogP contribution in [0.1, 0.15) is 5.76 Å². The maximum absolute atomic E-state index is 5.43. The van der Waals surface area contributed by atoms with Gasteiger partial charge in [0.1, 0.15) is 5.76 Å². The van der Waals surface area contributed by atoms with Gasteiger partial charge in [0.2, 0.25) is 5.16 Å². The fourth-order valence-electron chi connectivity index (χ4n) is 1.01. The quantitative estimate of drug-likeness (QED) is 0.712. The molecule has 80 valence electrons. The lowest BCUT2D eigenvalue weighted by molar-refractivity contribution is 0.395. The van der Waals surface area contributed by atoms with Crippen LogP contribution in [0.3, 0.4) is 0 Å². The van der Waals surface area contributed by atoms with Crippen LogP contribution in [0.4, 0.5) is 0 Å². The summed E-state index contributed by atoms with van der Waals surface area (Å²) in [6, 6.07) is 1.81. The van der Waals surface area contributed by atoms with E-state index in [1.807, 2.05) is 6.07 Å². The molecule has 2 rings (SSSR count). The van der Waals surface area contributed by atoms with E-state index in [2.05, 4.69) is 20.7 Å². The van der Waals surface area contributed by atoms with Crippen molar-refractivity contribution in [2.24, 2.45) is 5.73 Å². The molecule has 0 atom stereocenters. The minimum atomic E-state index is 0.515. The highest BCUT2D eigenvalue weighted by Gasteiger charge is 2.07. The molecule has 0 aliphatic carbocycles. The summed E-state index contributed by atoms with van der Waals surface area (Å²) in [5.41, 5.74) is 5.43. The summed E-state index contributed by atoms with van der Waals surface area (Å²) in [6.07, 6.45) is 1.61. The zero-order chi connectivity index (χ0) is 10.5. The van der Waals surface area contributed by atoms with E-state index >= 15 is 0 Å². The molecule has 2 heterocycles. The minimum Gasteiger partial charge on any atom is -0.361 e. The third-order valence-corrected chi connectivity index (χ3v) is 2.65. The fraction of sp³-hybridized carbons (Fsp3) is 0.429. The van der Waals surface area contributed by atoms with Crippen LogP contribution >= 0.6 is 11.8 Å². The summed E-state index contributed by atoms with van der Waals surface area (Å²) < 4.78 is 6.63. The SMILES string of the molecule is NCCn1nnnc1SCc1ccno1. The second-order valence-corrected chi connectivity index (χ2v) is 3.68. The molecular weight excluding hydrogens is 216 g/mol. The molecule has 0 aliphatic rings. The molecule has 0 radical (unpaired) electrons. The van der Waals surface area contributed by atoms with E-state index in [0.717, 1.165) is 10.9 Å². The van der Waals surface area contributed by atoms with Crippen LogP contribution in [-0.4, -0.2) is 31.9 Å². The molecule has 0 saturated heterocycles. The lowest BCUT2D eigenvalue weighted by Gasteiger charge is -1.99. The van der Waals surface area contributed by atoms with Crippen molar-refractivity contribution in [2.75, 3.05) is 6.54 Å². The van der Waals surface area contributed by atoms with Crippen molar-refractivity contribution in [1.82, 2.24) is 25.4 Å². The molecule has 0 aromatic carbocycles. The summed E-state index contributed by atoms with van der Waals surface area (Å²) in [6.45, 7) is 1.13. The molecule has 0 bridgehead atoms. The predicted molar refractivity (Wildman–Crippen MR) is 52.9 cm³/mol. The highest BCUT2D eigenvalue weighted by atomic mass is 32.2. The minimum absolute atomic E-state index is 0.515. The number of tetrazole rings is 1. The summed E-state index contributed by atoms with van der Waals surface area (Å²) in [5.74, 6) is 1.45. The summed E-state index contributed by atoms with van der Waals surface area (Å²) in [4.78, 5) is 0. The molecule has 8 heteroatoms. The van der Waals surface area contributed by atoms with Gasteiger partial charge in [-0.15, -0.1) is 5.10 Å². The van der Waals surface area contributed by atoms with Gasteiger partial charge in [-0.3, -0.25) is 0 Å². The van der Waals surface area contributed by atoms with Gasteiger partial charge in [-0.2, -0.15) is 0 Å². The molecule has 15 heavy (non-hydrogen) atoms. The van der Waals surface area contributed by atoms with Gasteiger partial charge in [-0.05, 0) is 10.4 Å². The van der Waals surface area contributed by atoms with Gasteiger partial charge in [0.05, 0.1) is 18.5 Å². The molecule has 7 nitrogen and oxygen atoms in total. The zero-order valence-electron chi connectivity index (χ0n) is 7.91. The van der Waals surface area contributed by atoms with E-state index in [1.165, 1.54) is 11.8 Å². The summed E-state index contributed by atoms with van der Waals surface area (Å²) >= 11 is 1.49. The number of hydrogen-bond acceptors (Lipinski definition) is 7. The number of nitrogens with zero attached hydrogens (tertiary/aromatic N) is 5. The van der Waals surface area contributed by atoms with E-state index in [4.69, 9.17) is 10.3 Å². The smallest absolute Gasteiger partial charge is 0.209 e. The third kappa shape index (κ3) is 2.54. The maximum Gasteiger partial charge on any atom is 0.209 e. The molecule has 2 aromatic rings. The van der Waals surface area contributed by atoms with Gasteiger partial charge in [0, 0.05) is 12.6 Å². The van der Waals surface area contributed by atoms with Crippen molar-refractivity contribution in [3.8, 4) is 0 Å². The fourth-order valence-corrected chi connectivity index (χ4v) is 1.81. The first-order chi connectivity index (χ1) is 7.40. The number of thioether (sulfide) groups is 1. The summed E-state index contributed by atoms with van der Waals surface area (Å²) in [5, 5.41) is 15.6. The molecular formula is C7H10N6OS. The predicted octanol–water partition coefficient (Wildman–Crippen LogP) is -0.0879. The maximum atomic E-state index is 5.43. The van der Waals surface area contributed by atoms with Crippen LogP contribution in [0.25, 0.3) is 0 Å². The van der Waals surface area contributed by atoms with Gasteiger partial charge >= 0.3 is 0 Å². The first-order valence-corrected chi connectivity index (χ1v) is 5.37. The van der Waals surface area contributed by atoms with Crippen LogP contribution in [0.15, 0.2) is 21.9 Å². The summed E-state index contributed by atoms with van der Waals surface area (Å²) in [7, 11) is 0. The lowest BCUT2D eigenvalue weighted by Crippen LogP contribution is -2.12. The second-order valence-electron chi connectivity index (χ2n) is 2.74. The van der Waals surface area contributed by atoms with Gasteiger partial charge in [0.25, 0.3) is 0 Å². The normalized spacial score (nSPS) is 10.7. The first kappa shape index (κ1) is 10.1. The van der Waals surface area contributed by atoms with Crippen molar-refractivity contribution >= 4 is 11.8 Å². The van der Waals surface area contributed by atoms with Crippen LogP contribution < -0.4 is 5.73 Å². The second kappa shape index (κ2) is 4.89. The number of hydrogen-bond donors (Lipinski definition) is 1. The standard InChI is InChI=1S/C7H10N6OS/c8-2-4-13-7(10-11-12-13)15-5-6-1-3-9-14-6/h1,3H,2,4-5,8H2. The Hall–Kier alpha value is -1.41. The van der Waals surface area contributed by atoms with Crippen LogP contribution in [0, 0.1) is 0 Å². The third-order valence-electron chi connectivity index (χ3n) is 1.67. The average molecular weight is 226 g/mol. The number of rotatable bonds is 5. The van der Waals surface area contributed by atoms with Crippen molar-refractivity contribution in [1.29, 1.82) is 0 Å². The highest BCUT2D eigenvalue weighted by Crippen LogP contribution is 2.18. The van der Waals surface area contributed by atoms with Crippen molar-refractivity contribution in [2.45, 2.75) is 17.5 Å². The molecule has 0 amide bonds. The molecule has 2 N–H and O–H groups in total. The molecule has 2 aromatic heterocycles. The van der Waals surface area contributed by atoms with Crippen LogP contribution in [0.2, 0.25) is 0 Å². The topological polar surface area (TPSA) is 95.7 Å². The van der Waals surface area contributed by atoms with E-state index in [0.29, 0.717) is 18.8 Å². The average Bonchev–Trinajstić information content (AvgIpc) is 2.85. The van der Waals surface area contributed by atoms with Gasteiger partial charge in [-0.1, -0.05) is 16.9 Å². The Kier molecular flexibility index (Phi) is 3.30. The Morgan fingerprint density at radius 3 is 3.20 bits per heavy atom. The Labute approximate surface area is 90.0 Å². The monoisotopic (exact) mass is 226 g/mol. The van der Waals surface area contributed by atoms with E-state index < -0.39 is 0 Å². The first-order valence-electron chi connectivity index (χ1n) is 4.38. The van der Waals surface area contributed by atoms with E-state index in [9.17, 15) is 0 Å². The van der Waals surface area contributed by atoms with Gasteiger partial charge in [-0.25, -0.2) is 4.68 Å². The Balaban J connectivity index is 1.95. The van der Waals surface area contributed by atoms with Crippen molar-refractivity contribution < 1.29 is 4.52 Å². The largest absolute Gasteiger partial charge is 0.361 e. The lowest BCUT2D eigenvalue weighted by atomic mass is 10.5. The van der Waals surface area contributed by atoms with Crippen molar-refractivity contribution in [3.05, 3.63) is 18.0 Å². The van der Waals surface area contributed by atoms with Crippen LogP contribution in [-0.2, 0) is 12.3 Å². The Bertz CT molecular complexity index is 399. The molecule has 0 spiro atoms.